The molecule has 1 heterocycles. The van der Waals surface area contributed by atoms with E-state index in [1.54, 1.807) is 13.1 Å². The lowest BCUT2D eigenvalue weighted by Crippen LogP contribution is -2.13. The van der Waals surface area contributed by atoms with Gasteiger partial charge in [-0.2, -0.15) is 5.10 Å². The summed E-state index contributed by atoms with van der Waals surface area (Å²) in [5, 5.41) is 16.7. The molecule has 3 aromatic rings. The Labute approximate surface area is 159 Å². The Morgan fingerprint density at radius 1 is 1.07 bits per heavy atom. The maximum absolute atomic E-state index is 10.9. The van der Waals surface area contributed by atoms with Gasteiger partial charge in [0.15, 0.2) is 0 Å². The topological polar surface area (TPSA) is 67.2 Å². The summed E-state index contributed by atoms with van der Waals surface area (Å²) in [5.41, 5.74) is 4.67. The van der Waals surface area contributed by atoms with E-state index in [-0.39, 0.29) is 5.92 Å². The van der Waals surface area contributed by atoms with Gasteiger partial charge in [-0.05, 0) is 47.7 Å². The Hall–Kier alpha value is -2.92. The largest absolute Gasteiger partial charge is 0.481 e. The van der Waals surface area contributed by atoms with Gasteiger partial charge in [0.1, 0.15) is 0 Å². The Morgan fingerprint density at radius 2 is 1.81 bits per heavy atom. The van der Waals surface area contributed by atoms with Crippen molar-refractivity contribution >= 4 is 5.97 Å². The molecule has 1 aromatic heterocycles. The minimum atomic E-state index is -0.730. The molecule has 0 aliphatic rings. The van der Waals surface area contributed by atoms with Crippen molar-refractivity contribution in [3.05, 3.63) is 83.7 Å². The van der Waals surface area contributed by atoms with E-state index in [1.165, 1.54) is 16.7 Å². The second-order valence-electron chi connectivity index (χ2n) is 6.82. The zero-order chi connectivity index (χ0) is 19.1. The van der Waals surface area contributed by atoms with Crippen LogP contribution in [-0.4, -0.2) is 20.9 Å². The highest BCUT2D eigenvalue weighted by Gasteiger charge is 2.10. The van der Waals surface area contributed by atoms with Gasteiger partial charge in [-0.25, -0.2) is 4.68 Å². The summed E-state index contributed by atoms with van der Waals surface area (Å²) in [4.78, 5) is 10.9. The monoisotopic (exact) mass is 363 g/mol. The molecule has 0 aliphatic carbocycles. The van der Waals surface area contributed by atoms with Crippen LogP contribution in [0, 0.1) is 5.92 Å². The van der Waals surface area contributed by atoms with Crippen LogP contribution in [-0.2, 0) is 24.3 Å². The van der Waals surface area contributed by atoms with E-state index in [2.05, 4.69) is 52.9 Å². The lowest BCUT2D eigenvalue weighted by molar-refractivity contribution is -0.141. The zero-order valence-corrected chi connectivity index (χ0v) is 15.5. The van der Waals surface area contributed by atoms with Gasteiger partial charge >= 0.3 is 5.97 Å². The Kier molecular flexibility index (Phi) is 6.39. The van der Waals surface area contributed by atoms with E-state index in [0.29, 0.717) is 6.42 Å². The van der Waals surface area contributed by atoms with Gasteiger partial charge < -0.3 is 10.4 Å². The van der Waals surface area contributed by atoms with Gasteiger partial charge in [0.25, 0.3) is 0 Å². The van der Waals surface area contributed by atoms with Crippen LogP contribution >= 0.6 is 0 Å². The van der Waals surface area contributed by atoms with Crippen molar-refractivity contribution in [2.24, 2.45) is 5.92 Å². The molecule has 1 unspecified atom stereocenters. The number of rotatable bonds is 9. The average Bonchev–Trinajstić information content (AvgIpc) is 3.22. The van der Waals surface area contributed by atoms with Crippen molar-refractivity contribution in [3.63, 3.8) is 0 Å². The van der Waals surface area contributed by atoms with Crippen molar-refractivity contribution in [1.29, 1.82) is 0 Å². The second-order valence-corrected chi connectivity index (χ2v) is 6.82. The summed E-state index contributed by atoms with van der Waals surface area (Å²) < 4.78 is 1.84. The number of aliphatic carboxylic acids is 1. The molecule has 0 amide bonds. The fourth-order valence-electron chi connectivity index (χ4n) is 2.94. The molecule has 0 radical (unpaired) electrons. The third-order valence-electron chi connectivity index (χ3n) is 4.64. The fourth-order valence-corrected chi connectivity index (χ4v) is 2.94. The molecule has 1 atom stereocenters. The van der Waals surface area contributed by atoms with Crippen molar-refractivity contribution in [1.82, 2.24) is 15.1 Å². The molecule has 0 aliphatic heterocycles. The zero-order valence-electron chi connectivity index (χ0n) is 15.5. The third-order valence-corrected chi connectivity index (χ3v) is 4.64. The van der Waals surface area contributed by atoms with E-state index >= 15 is 0 Å². The van der Waals surface area contributed by atoms with E-state index in [4.69, 9.17) is 5.11 Å². The van der Waals surface area contributed by atoms with E-state index in [1.807, 2.05) is 23.0 Å². The average molecular weight is 363 g/mol. The molecule has 2 N–H and O–H groups in total. The molecule has 5 heteroatoms. The number of nitrogens with one attached hydrogen (secondary N) is 1. The van der Waals surface area contributed by atoms with Gasteiger partial charge in [0.05, 0.1) is 11.6 Å². The van der Waals surface area contributed by atoms with Crippen LogP contribution in [0.5, 0.6) is 0 Å². The highest BCUT2D eigenvalue weighted by molar-refractivity contribution is 5.69. The van der Waals surface area contributed by atoms with Crippen LogP contribution in [0.4, 0.5) is 0 Å². The van der Waals surface area contributed by atoms with Crippen LogP contribution in [0.25, 0.3) is 5.69 Å². The number of nitrogens with zero attached hydrogens (tertiary/aromatic N) is 2. The summed E-state index contributed by atoms with van der Waals surface area (Å²) in [6.45, 7) is 3.33. The number of carbonyl (C=O) groups is 1. The van der Waals surface area contributed by atoms with Crippen LogP contribution in [0.15, 0.2) is 67.0 Å². The molecule has 5 nitrogen and oxygen atoms in total. The van der Waals surface area contributed by atoms with Crippen molar-refractivity contribution < 1.29 is 9.90 Å². The Bertz CT molecular complexity index is 858. The molecular formula is C22H25N3O2. The summed E-state index contributed by atoms with van der Waals surface area (Å²) in [5.74, 6) is -1.04. The maximum Gasteiger partial charge on any atom is 0.306 e. The molecule has 0 spiro atoms. The number of aromatic nitrogens is 2. The SMILES string of the molecule is CC(CCc1cccc(CNCc2ccc(-n3cccn3)cc2)c1)C(=O)O. The van der Waals surface area contributed by atoms with E-state index < -0.39 is 5.97 Å². The summed E-state index contributed by atoms with van der Waals surface area (Å²) in [6.07, 6.45) is 5.15. The summed E-state index contributed by atoms with van der Waals surface area (Å²) in [7, 11) is 0. The highest BCUT2D eigenvalue weighted by Crippen LogP contribution is 2.13. The van der Waals surface area contributed by atoms with E-state index in [0.717, 1.165) is 25.2 Å². The Balaban J connectivity index is 1.49. The first-order valence-corrected chi connectivity index (χ1v) is 9.22. The summed E-state index contributed by atoms with van der Waals surface area (Å²) in [6, 6.07) is 18.6. The minimum absolute atomic E-state index is 0.309. The van der Waals surface area contributed by atoms with Crippen LogP contribution in [0.2, 0.25) is 0 Å². The number of hydrogen-bond donors (Lipinski definition) is 2. The molecule has 2 aromatic carbocycles. The van der Waals surface area contributed by atoms with Gasteiger partial charge in [0.2, 0.25) is 0 Å². The van der Waals surface area contributed by atoms with Crippen LogP contribution < -0.4 is 5.32 Å². The minimum Gasteiger partial charge on any atom is -0.481 e. The molecule has 0 fully saturated rings. The first-order valence-electron chi connectivity index (χ1n) is 9.22. The quantitative estimate of drug-likeness (QED) is 0.607. The first kappa shape index (κ1) is 18.9. The first-order chi connectivity index (χ1) is 13.1. The molecule has 3 rings (SSSR count). The van der Waals surface area contributed by atoms with Crippen molar-refractivity contribution in [2.45, 2.75) is 32.9 Å². The summed E-state index contributed by atoms with van der Waals surface area (Å²) >= 11 is 0. The highest BCUT2D eigenvalue weighted by atomic mass is 16.4. The Morgan fingerprint density at radius 3 is 2.52 bits per heavy atom. The van der Waals surface area contributed by atoms with Crippen molar-refractivity contribution in [3.8, 4) is 5.69 Å². The van der Waals surface area contributed by atoms with Crippen LogP contribution in [0.1, 0.15) is 30.0 Å². The van der Waals surface area contributed by atoms with Gasteiger partial charge in [-0.15, -0.1) is 0 Å². The normalized spacial score (nSPS) is 12.0. The molecule has 0 saturated carbocycles. The molecule has 0 bridgehead atoms. The fraction of sp³-hybridized carbons (Fsp3) is 0.273. The molecule has 27 heavy (non-hydrogen) atoms. The van der Waals surface area contributed by atoms with Gasteiger partial charge in [-0.1, -0.05) is 43.3 Å². The molecule has 0 saturated heterocycles. The van der Waals surface area contributed by atoms with E-state index in [9.17, 15) is 4.79 Å². The lowest BCUT2D eigenvalue weighted by atomic mass is 10.00. The maximum atomic E-state index is 10.9. The lowest BCUT2D eigenvalue weighted by Gasteiger charge is -2.09. The van der Waals surface area contributed by atoms with Crippen molar-refractivity contribution in [2.75, 3.05) is 0 Å². The van der Waals surface area contributed by atoms with Gasteiger partial charge in [0, 0.05) is 25.5 Å². The number of carboxylic acid groups (broad SMARTS) is 1. The molecular weight excluding hydrogens is 338 g/mol. The smallest absolute Gasteiger partial charge is 0.306 e. The predicted molar refractivity (Wildman–Crippen MR) is 106 cm³/mol. The predicted octanol–water partition coefficient (Wildman–Crippen LogP) is 3.82. The number of aryl methyl sites for hydroxylation is 1. The number of hydrogen-bond acceptors (Lipinski definition) is 3. The standard InChI is InChI=1S/C22H25N3O2/c1-17(22(26)27)6-7-18-4-2-5-20(14-18)16-23-15-19-8-10-21(11-9-19)25-13-3-12-24-25/h2-5,8-14,17,23H,6-7,15-16H2,1H3,(H,26,27). The number of benzene rings is 2. The second kappa shape index (κ2) is 9.14. The molecule has 140 valence electrons. The number of carboxylic acids is 1. The van der Waals surface area contributed by atoms with Gasteiger partial charge in [-0.3, -0.25) is 4.79 Å². The third kappa shape index (κ3) is 5.53. The van der Waals surface area contributed by atoms with Crippen LogP contribution in [0.3, 0.4) is 0 Å².